The summed E-state index contributed by atoms with van der Waals surface area (Å²) in [5, 5.41) is 15.8. The van der Waals surface area contributed by atoms with Crippen LogP contribution in [0.4, 0.5) is 0 Å². The summed E-state index contributed by atoms with van der Waals surface area (Å²) in [6.45, 7) is 7.30. The zero-order valence-electron chi connectivity index (χ0n) is 11.3. The molecule has 1 atom stereocenters. The Morgan fingerprint density at radius 2 is 2.00 bits per heavy atom. The first-order valence-electron chi connectivity index (χ1n) is 6.21. The van der Waals surface area contributed by atoms with Gasteiger partial charge in [-0.2, -0.15) is 0 Å². The first kappa shape index (κ1) is 14.7. The van der Waals surface area contributed by atoms with Crippen LogP contribution in [0.15, 0.2) is 18.2 Å². The van der Waals surface area contributed by atoms with Crippen LogP contribution in [0.25, 0.3) is 0 Å². The highest BCUT2D eigenvalue weighted by molar-refractivity contribution is 5.72. The Hall–Kier alpha value is -1.39. The summed E-state index contributed by atoms with van der Waals surface area (Å²) in [7, 11) is 0. The summed E-state index contributed by atoms with van der Waals surface area (Å²) < 4.78 is 0. The average Bonchev–Trinajstić information content (AvgIpc) is 2.31. The van der Waals surface area contributed by atoms with E-state index in [1.54, 1.807) is 0 Å². The lowest BCUT2D eigenvalue weighted by Gasteiger charge is -2.13. The Kier molecular flexibility index (Phi) is 5.82. The molecule has 18 heavy (non-hydrogen) atoms. The molecule has 0 heterocycles. The van der Waals surface area contributed by atoms with Gasteiger partial charge in [0, 0.05) is 26.6 Å². The standard InChI is InChI=1S/C14H22N2O2/c1-10-4-5-13(8-11(10)2)14(18)9-15-6-7-16-12(3)17/h4-5,8,14-15,18H,6-7,9H2,1-3H3,(H,16,17). The number of carbonyl (C=O) groups is 1. The Labute approximate surface area is 108 Å². The van der Waals surface area contributed by atoms with Gasteiger partial charge in [-0.15, -0.1) is 0 Å². The lowest BCUT2D eigenvalue weighted by molar-refractivity contribution is -0.118. The molecule has 0 aliphatic carbocycles. The van der Waals surface area contributed by atoms with Gasteiger partial charge in [0.15, 0.2) is 0 Å². The number of rotatable bonds is 6. The third-order valence-corrected chi connectivity index (χ3v) is 2.93. The number of aliphatic hydroxyl groups excluding tert-OH is 1. The highest BCUT2D eigenvalue weighted by Gasteiger charge is 2.07. The topological polar surface area (TPSA) is 61.4 Å². The minimum Gasteiger partial charge on any atom is -0.387 e. The van der Waals surface area contributed by atoms with Crippen LogP contribution in [0.1, 0.15) is 29.7 Å². The monoisotopic (exact) mass is 250 g/mol. The Morgan fingerprint density at radius 3 is 2.61 bits per heavy atom. The van der Waals surface area contributed by atoms with Gasteiger partial charge >= 0.3 is 0 Å². The number of hydrogen-bond donors (Lipinski definition) is 3. The zero-order chi connectivity index (χ0) is 13.5. The molecule has 1 aromatic carbocycles. The number of nitrogens with one attached hydrogen (secondary N) is 2. The summed E-state index contributed by atoms with van der Waals surface area (Å²) in [5.74, 6) is -0.0356. The maximum atomic E-state index is 10.6. The summed E-state index contributed by atoms with van der Waals surface area (Å²) in [5.41, 5.74) is 3.33. The molecule has 3 N–H and O–H groups in total. The molecular formula is C14H22N2O2. The van der Waals surface area contributed by atoms with Gasteiger partial charge in [-0.3, -0.25) is 4.79 Å². The molecule has 0 aliphatic heterocycles. The van der Waals surface area contributed by atoms with Gasteiger partial charge in [0.25, 0.3) is 0 Å². The van der Waals surface area contributed by atoms with E-state index in [-0.39, 0.29) is 5.91 Å². The third kappa shape index (κ3) is 4.85. The highest BCUT2D eigenvalue weighted by Crippen LogP contribution is 2.16. The lowest BCUT2D eigenvalue weighted by atomic mass is 10.0. The van der Waals surface area contributed by atoms with E-state index < -0.39 is 6.10 Å². The largest absolute Gasteiger partial charge is 0.387 e. The van der Waals surface area contributed by atoms with E-state index in [1.807, 2.05) is 25.1 Å². The molecule has 1 unspecified atom stereocenters. The first-order valence-corrected chi connectivity index (χ1v) is 6.21. The van der Waals surface area contributed by atoms with Crippen LogP contribution in [0.3, 0.4) is 0 Å². The first-order chi connectivity index (χ1) is 8.50. The third-order valence-electron chi connectivity index (χ3n) is 2.93. The van der Waals surface area contributed by atoms with Gasteiger partial charge in [-0.1, -0.05) is 18.2 Å². The molecule has 4 nitrogen and oxygen atoms in total. The number of amides is 1. The van der Waals surface area contributed by atoms with Crippen molar-refractivity contribution in [3.63, 3.8) is 0 Å². The van der Waals surface area contributed by atoms with Crippen molar-refractivity contribution in [3.8, 4) is 0 Å². The maximum Gasteiger partial charge on any atom is 0.216 e. The highest BCUT2D eigenvalue weighted by atomic mass is 16.3. The van der Waals surface area contributed by atoms with Crippen molar-refractivity contribution in [1.82, 2.24) is 10.6 Å². The molecule has 1 amide bonds. The van der Waals surface area contributed by atoms with Gasteiger partial charge in [-0.05, 0) is 30.5 Å². The van der Waals surface area contributed by atoms with Crippen LogP contribution >= 0.6 is 0 Å². The maximum absolute atomic E-state index is 10.6. The van der Waals surface area contributed by atoms with E-state index in [4.69, 9.17) is 0 Å². The van der Waals surface area contributed by atoms with Crippen molar-refractivity contribution < 1.29 is 9.90 Å². The number of carbonyl (C=O) groups excluding carboxylic acids is 1. The van der Waals surface area contributed by atoms with E-state index in [2.05, 4.69) is 17.6 Å². The average molecular weight is 250 g/mol. The van der Waals surface area contributed by atoms with E-state index in [0.29, 0.717) is 19.6 Å². The second-order valence-electron chi connectivity index (χ2n) is 4.55. The minimum atomic E-state index is -0.512. The fourth-order valence-electron chi connectivity index (χ4n) is 1.66. The van der Waals surface area contributed by atoms with E-state index in [9.17, 15) is 9.90 Å². The molecule has 4 heteroatoms. The van der Waals surface area contributed by atoms with Crippen LogP contribution in [0.2, 0.25) is 0 Å². The molecule has 100 valence electrons. The molecule has 0 bridgehead atoms. The quantitative estimate of drug-likeness (QED) is 0.662. The fourth-order valence-corrected chi connectivity index (χ4v) is 1.66. The zero-order valence-corrected chi connectivity index (χ0v) is 11.3. The SMILES string of the molecule is CC(=O)NCCNCC(O)c1ccc(C)c(C)c1. The second kappa shape index (κ2) is 7.13. The van der Waals surface area contributed by atoms with Crippen molar-refractivity contribution in [2.24, 2.45) is 0 Å². The Morgan fingerprint density at radius 1 is 1.28 bits per heavy atom. The number of hydrogen-bond acceptors (Lipinski definition) is 3. The van der Waals surface area contributed by atoms with E-state index >= 15 is 0 Å². The predicted octanol–water partition coefficient (Wildman–Crippen LogP) is 1.06. The molecule has 0 fully saturated rings. The van der Waals surface area contributed by atoms with Crippen molar-refractivity contribution in [1.29, 1.82) is 0 Å². The van der Waals surface area contributed by atoms with Gasteiger partial charge in [0.1, 0.15) is 0 Å². The molecule has 0 aliphatic rings. The van der Waals surface area contributed by atoms with Crippen molar-refractivity contribution in [2.45, 2.75) is 26.9 Å². The smallest absolute Gasteiger partial charge is 0.216 e. The second-order valence-corrected chi connectivity index (χ2v) is 4.55. The van der Waals surface area contributed by atoms with Gasteiger partial charge in [-0.25, -0.2) is 0 Å². The number of aliphatic hydroxyl groups is 1. The van der Waals surface area contributed by atoms with Gasteiger partial charge in [0.2, 0.25) is 5.91 Å². The van der Waals surface area contributed by atoms with Gasteiger partial charge in [0.05, 0.1) is 6.10 Å². The van der Waals surface area contributed by atoms with Gasteiger partial charge < -0.3 is 15.7 Å². The van der Waals surface area contributed by atoms with Crippen LogP contribution < -0.4 is 10.6 Å². The van der Waals surface area contributed by atoms with E-state index in [0.717, 1.165) is 5.56 Å². The van der Waals surface area contributed by atoms with Crippen LogP contribution in [-0.2, 0) is 4.79 Å². The molecule has 0 saturated carbocycles. The molecule has 0 spiro atoms. The van der Waals surface area contributed by atoms with Crippen LogP contribution in [0, 0.1) is 13.8 Å². The minimum absolute atomic E-state index is 0.0356. The van der Waals surface area contributed by atoms with Crippen LogP contribution in [0.5, 0.6) is 0 Å². The molecule has 1 aromatic rings. The number of aryl methyl sites for hydroxylation is 2. The normalized spacial score (nSPS) is 12.2. The molecule has 0 saturated heterocycles. The molecular weight excluding hydrogens is 228 g/mol. The molecule has 0 aromatic heterocycles. The molecule has 1 rings (SSSR count). The Bertz CT molecular complexity index is 405. The fraction of sp³-hybridized carbons (Fsp3) is 0.500. The summed E-state index contributed by atoms with van der Waals surface area (Å²) in [6.07, 6.45) is -0.512. The summed E-state index contributed by atoms with van der Waals surface area (Å²) >= 11 is 0. The summed E-state index contributed by atoms with van der Waals surface area (Å²) in [6, 6.07) is 5.98. The van der Waals surface area contributed by atoms with Crippen LogP contribution in [-0.4, -0.2) is 30.6 Å². The van der Waals surface area contributed by atoms with Crippen molar-refractivity contribution >= 4 is 5.91 Å². The summed E-state index contributed by atoms with van der Waals surface area (Å²) in [4.78, 5) is 10.6. The Balaban J connectivity index is 2.34. The van der Waals surface area contributed by atoms with Crippen molar-refractivity contribution in [3.05, 3.63) is 34.9 Å². The lowest BCUT2D eigenvalue weighted by Crippen LogP contribution is -2.32. The van der Waals surface area contributed by atoms with E-state index in [1.165, 1.54) is 18.1 Å². The van der Waals surface area contributed by atoms with Crippen molar-refractivity contribution in [2.75, 3.05) is 19.6 Å². The number of benzene rings is 1. The predicted molar refractivity (Wildman–Crippen MR) is 72.4 cm³/mol. The molecule has 0 radical (unpaired) electrons.